The molecule has 0 aromatic heterocycles. The summed E-state index contributed by atoms with van der Waals surface area (Å²) >= 11 is 3.38. The minimum absolute atomic E-state index is 0.0288. The molecule has 0 heterocycles. The second kappa shape index (κ2) is 13.2. The number of methoxy groups -OCH3 is 1. The van der Waals surface area contributed by atoms with E-state index in [4.69, 9.17) is 14.2 Å². The van der Waals surface area contributed by atoms with Crippen LogP contribution in [0.1, 0.15) is 24.5 Å². The summed E-state index contributed by atoms with van der Waals surface area (Å²) in [7, 11) is 1.46. The number of esters is 1. The summed E-state index contributed by atoms with van der Waals surface area (Å²) in [4.78, 5) is 24.0. The van der Waals surface area contributed by atoms with Crippen LogP contribution in [0.15, 0.2) is 52.5 Å². The highest BCUT2D eigenvalue weighted by molar-refractivity contribution is 9.10. The van der Waals surface area contributed by atoms with Crippen LogP contribution >= 0.6 is 15.9 Å². The zero-order valence-corrected chi connectivity index (χ0v) is 19.6. The average molecular weight is 501 g/mol. The Balaban J connectivity index is 2.03. The molecule has 0 aliphatic rings. The van der Waals surface area contributed by atoms with Crippen LogP contribution in [0.5, 0.6) is 11.5 Å². The number of rotatable bonds is 11. The number of aryl methyl sites for hydroxylation is 1. The Kier molecular flexibility index (Phi) is 10.3. The van der Waals surface area contributed by atoms with Crippen molar-refractivity contribution in [1.29, 1.82) is 5.26 Å². The van der Waals surface area contributed by atoms with Crippen LogP contribution in [0.3, 0.4) is 0 Å². The van der Waals surface area contributed by atoms with Gasteiger partial charge >= 0.3 is 5.97 Å². The quantitative estimate of drug-likeness (QED) is 0.216. The Morgan fingerprint density at radius 2 is 1.97 bits per heavy atom. The maximum Gasteiger partial charge on any atom is 0.344 e. The Labute approximate surface area is 196 Å². The maximum absolute atomic E-state index is 12.4. The molecule has 0 unspecified atom stereocenters. The van der Waals surface area contributed by atoms with Gasteiger partial charge in [0, 0.05) is 6.54 Å². The number of hydrogen-bond acceptors (Lipinski definition) is 6. The van der Waals surface area contributed by atoms with Crippen LogP contribution in [0.2, 0.25) is 0 Å². The van der Waals surface area contributed by atoms with Gasteiger partial charge in [-0.3, -0.25) is 4.79 Å². The molecule has 168 valence electrons. The van der Waals surface area contributed by atoms with E-state index in [2.05, 4.69) is 21.2 Å². The molecule has 0 aliphatic heterocycles. The molecule has 0 bridgehead atoms. The van der Waals surface area contributed by atoms with Crippen LogP contribution in [-0.4, -0.2) is 38.7 Å². The van der Waals surface area contributed by atoms with Crippen LogP contribution in [0, 0.1) is 11.3 Å². The molecule has 2 rings (SSSR count). The van der Waals surface area contributed by atoms with Crippen molar-refractivity contribution in [3.8, 4) is 17.6 Å². The van der Waals surface area contributed by atoms with Gasteiger partial charge in [-0.1, -0.05) is 30.3 Å². The number of amides is 1. The highest BCUT2D eigenvalue weighted by Crippen LogP contribution is 2.37. The Morgan fingerprint density at radius 3 is 2.62 bits per heavy atom. The van der Waals surface area contributed by atoms with E-state index in [1.165, 1.54) is 18.7 Å². The predicted molar refractivity (Wildman–Crippen MR) is 124 cm³/mol. The molecule has 0 atom stereocenters. The van der Waals surface area contributed by atoms with Gasteiger partial charge in [-0.05, 0) is 65.0 Å². The van der Waals surface area contributed by atoms with E-state index in [1.54, 1.807) is 19.1 Å². The first-order valence-corrected chi connectivity index (χ1v) is 10.9. The van der Waals surface area contributed by atoms with Gasteiger partial charge < -0.3 is 19.5 Å². The third kappa shape index (κ3) is 7.75. The topological polar surface area (TPSA) is 97.7 Å². The minimum Gasteiger partial charge on any atom is -0.493 e. The molecule has 0 radical (unpaired) electrons. The lowest BCUT2D eigenvalue weighted by atomic mass is 10.1. The van der Waals surface area contributed by atoms with Crippen molar-refractivity contribution >= 4 is 33.9 Å². The van der Waals surface area contributed by atoms with Crippen LogP contribution in [0.4, 0.5) is 0 Å². The van der Waals surface area contributed by atoms with Crippen LogP contribution in [-0.2, 0) is 20.7 Å². The molecule has 0 spiro atoms. The first-order chi connectivity index (χ1) is 15.5. The fourth-order valence-corrected chi connectivity index (χ4v) is 3.42. The zero-order chi connectivity index (χ0) is 23.3. The molecule has 1 N–H and O–H groups in total. The van der Waals surface area contributed by atoms with Crippen molar-refractivity contribution in [3.05, 3.63) is 63.6 Å². The van der Waals surface area contributed by atoms with Gasteiger partial charge in [-0.2, -0.15) is 5.26 Å². The monoisotopic (exact) mass is 500 g/mol. The van der Waals surface area contributed by atoms with Crippen molar-refractivity contribution in [3.63, 3.8) is 0 Å². The lowest BCUT2D eigenvalue weighted by Gasteiger charge is -2.13. The highest BCUT2D eigenvalue weighted by Gasteiger charge is 2.15. The molecule has 2 aromatic rings. The van der Waals surface area contributed by atoms with E-state index in [1.807, 2.05) is 36.4 Å². The first-order valence-electron chi connectivity index (χ1n) is 10.1. The minimum atomic E-state index is -0.499. The average Bonchev–Trinajstić information content (AvgIpc) is 2.80. The Bertz CT molecular complexity index is 999. The van der Waals surface area contributed by atoms with Crippen molar-refractivity contribution in [2.75, 3.05) is 26.9 Å². The lowest BCUT2D eigenvalue weighted by molar-refractivity contribution is -0.145. The third-order valence-corrected chi connectivity index (χ3v) is 4.93. The number of nitriles is 1. The summed E-state index contributed by atoms with van der Waals surface area (Å²) in [6.45, 7) is 2.16. The molecule has 2 aromatic carbocycles. The van der Waals surface area contributed by atoms with E-state index in [0.29, 0.717) is 28.1 Å². The fourth-order valence-electron chi connectivity index (χ4n) is 2.85. The van der Waals surface area contributed by atoms with Gasteiger partial charge in [0.05, 0.1) is 18.2 Å². The lowest BCUT2D eigenvalue weighted by Crippen LogP contribution is -2.25. The Morgan fingerprint density at radius 1 is 1.22 bits per heavy atom. The summed E-state index contributed by atoms with van der Waals surface area (Å²) < 4.78 is 16.2. The second-order valence-corrected chi connectivity index (χ2v) is 7.50. The van der Waals surface area contributed by atoms with Gasteiger partial charge in [-0.25, -0.2) is 4.79 Å². The van der Waals surface area contributed by atoms with E-state index in [0.717, 1.165) is 12.8 Å². The number of ether oxygens (including phenoxy) is 3. The predicted octanol–water partition coefficient (Wildman–Crippen LogP) is 4.06. The normalized spacial score (nSPS) is 10.8. The number of halogens is 1. The van der Waals surface area contributed by atoms with E-state index < -0.39 is 11.9 Å². The molecular formula is C24H25BrN2O5. The van der Waals surface area contributed by atoms with E-state index in [9.17, 15) is 14.9 Å². The second-order valence-electron chi connectivity index (χ2n) is 6.64. The van der Waals surface area contributed by atoms with Gasteiger partial charge in [0.1, 0.15) is 11.6 Å². The third-order valence-electron chi connectivity index (χ3n) is 4.34. The van der Waals surface area contributed by atoms with E-state index >= 15 is 0 Å². The molecule has 0 fully saturated rings. The van der Waals surface area contributed by atoms with Crippen molar-refractivity contribution in [2.24, 2.45) is 0 Å². The molecule has 32 heavy (non-hydrogen) atoms. The van der Waals surface area contributed by atoms with Crippen LogP contribution in [0.25, 0.3) is 6.08 Å². The molecule has 7 nitrogen and oxygen atoms in total. The molecule has 0 saturated heterocycles. The zero-order valence-electron chi connectivity index (χ0n) is 18.0. The smallest absolute Gasteiger partial charge is 0.344 e. The van der Waals surface area contributed by atoms with Gasteiger partial charge in [-0.15, -0.1) is 0 Å². The fraction of sp³-hybridized carbons (Fsp3) is 0.292. The molecule has 0 aliphatic carbocycles. The SMILES string of the molecule is CCOC(=O)COc1c(Br)cc(/C=C(/C#N)C(=O)NCCCc2ccccc2)cc1OC. The molecular weight excluding hydrogens is 476 g/mol. The van der Waals surface area contributed by atoms with Crippen molar-refractivity contribution < 1.29 is 23.8 Å². The number of carbonyl (C=O) groups excluding carboxylic acids is 2. The Hall–Kier alpha value is -3.31. The van der Waals surface area contributed by atoms with Crippen LogP contribution < -0.4 is 14.8 Å². The van der Waals surface area contributed by atoms with E-state index in [-0.39, 0.29) is 18.8 Å². The summed E-state index contributed by atoms with van der Waals surface area (Å²) in [5.74, 6) is -0.281. The summed E-state index contributed by atoms with van der Waals surface area (Å²) in [5, 5.41) is 12.2. The van der Waals surface area contributed by atoms with Gasteiger partial charge in [0.15, 0.2) is 18.1 Å². The largest absolute Gasteiger partial charge is 0.493 e. The number of nitrogens with one attached hydrogen (secondary N) is 1. The summed E-state index contributed by atoms with van der Waals surface area (Å²) in [6, 6.07) is 15.2. The summed E-state index contributed by atoms with van der Waals surface area (Å²) in [5.41, 5.74) is 1.73. The molecule has 1 amide bonds. The standard InChI is InChI=1S/C24H25BrN2O5/c1-3-31-22(28)16-32-23-20(25)13-18(14-21(23)30-2)12-19(15-26)24(29)27-11-7-10-17-8-5-4-6-9-17/h4-6,8-9,12-14H,3,7,10-11,16H2,1-2H3,(H,27,29)/b19-12-. The molecule has 8 heteroatoms. The van der Waals surface area contributed by atoms with Crippen molar-refractivity contribution in [1.82, 2.24) is 5.32 Å². The highest BCUT2D eigenvalue weighted by atomic mass is 79.9. The molecule has 0 saturated carbocycles. The van der Waals surface area contributed by atoms with Gasteiger partial charge in [0.25, 0.3) is 5.91 Å². The first kappa shape index (κ1) is 25.0. The number of carbonyl (C=O) groups is 2. The number of nitrogens with zero attached hydrogens (tertiary/aromatic N) is 1. The number of hydrogen-bond donors (Lipinski definition) is 1. The van der Waals surface area contributed by atoms with Crippen molar-refractivity contribution in [2.45, 2.75) is 19.8 Å². The summed E-state index contributed by atoms with van der Waals surface area (Å²) in [6.07, 6.45) is 3.07. The number of benzene rings is 2. The maximum atomic E-state index is 12.4. The van der Waals surface area contributed by atoms with Gasteiger partial charge in [0.2, 0.25) is 0 Å².